The maximum absolute atomic E-state index is 14.0. The molecule has 0 saturated heterocycles. The Kier molecular flexibility index (Phi) is 15.6. The van der Waals surface area contributed by atoms with E-state index in [0.29, 0.717) is 34.8 Å². The van der Waals surface area contributed by atoms with Gasteiger partial charge in [0.15, 0.2) is 5.69 Å². The Hall–Kier alpha value is -6.42. The molecule has 1 unspecified atom stereocenters. The number of aliphatic hydroxyl groups excluding tert-OH is 1. The highest BCUT2D eigenvalue weighted by atomic mass is 16.8. The van der Waals surface area contributed by atoms with Crippen molar-refractivity contribution >= 4 is 53.4 Å². The molecule has 0 radical (unpaired) electrons. The largest absolute Gasteiger partial charge is 0.511 e. The Morgan fingerprint density at radius 3 is 2.24 bits per heavy atom. The number of nitrogens with zero attached hydrogens (tertiary/aromatic N) is 1. The number of benzene rings is 2. The molecular formula is C43H50N4O12. The fourth-order valence-corrected chi connectivity index (χ4v) is 5.48. The number of nitrogens with one attached hydrogen (secondary N) is 3. The zero-order chi connectivity index (χ0) is 43.4. The minimum absolute atomic E-state index is 0.0228. The fraction of sp³-hybridized carbons (Fsp3) is 0.395. The summed E-state index contributed by atoms with van der Waals surface area (Å²) >= 11 is 0. The zero-order valence-electron chi connectivity index (χ0n) is 34.0. The Bertz CT molecular complexity index is 2080. The predicted molar refractivity (Wildman–Crippen MR) is 216 cm³/mol. The number of ether oxygens (including phenoxy) is 5. The summed E-state index contributed by atoms with van der Waals surface area (Å²) < 4.78 is 25.7. The number of carbonyl (C=O) groups excluding carboxylic acids is 6. The molecule has 4 rings (SSSR count). The molecule has 4 N–H and O–H groups in total. The quantitative estimate of drug-likeness (QED) is 0.0474. The van der Waals surface area contributed by atoms with Crippen molar-refractivity contribution in [2.45, 2.75) is 91.8 Å². The van der Waals surface area contributed by atoms with Crippen LogP contribution < -0.4 is 10.6 Å². The third kappa shape index (κ3) is 13.9. The van der Waals surface area contributed by atoms with Gasteiger partial charge in [0.1, 0.15) is 17.9 Å². The van der Waals surface area contributed by atoms with Crippen LogP contribution in [0.3, 0.4) is 0 Å². The summed E-state index contributed by atoms with van der Waals surface area (Å²) in [6.45, 7) is 13.3. The molecule has 1 atom stereocenters. The standard InChI is InChI=1S/C43H50N4O12/c1-8-27-19-33(39(51)46-30-13-11-28(12-14-30)34(44)21-37(50)55-18-17-36(49)59-43(5,6)7)32(20-29(27)23-48)31-15-16-35(40(52)45-22-26-9-10-26)47-38(31)41(53)57-25(4)58-42(54)56-24(2)3/h8,11-16,19-20,24-26,44,48H,1,9-10,17-18,21-23H2,2-7H3,(H,45,52)(H,46,51). The van der Waals surface area contributed by atoms with Crippen molar-refractivity contribution in [2.24, 2.45) is 5.92 Å². The van der Waals surface area contributed by atoms with Crippen molar-refractivity contribution in [1.29, 1.82) is 5.41 Å². The van der Waals surface area contributed by atoms with E-state index in [2.05, 4.69) is 22.2 Å². The molecule has 1 aliphatic rings. The first-order chi connectivity index (χ1) is 27.9. The SMILES string of the molecule is C=Cc1cc(C(=O)Nc2ccc(C(=N)CC(=O)OCCC(=O)OC(C)(C)C)cc2)c(-c2ccc(C(=O)NCC3CC3)nc2C(=O)OC(C)OC(=O)OC(C)C)cc1CO. The number of esters is 3. The van der Waals surface area contributed by atoms with Gasteiger partial charge >= 0.3 is 24.1 Å². The van der Waals surface area contributed by atoms with Gasteiger partial charge in [0, 0.05) is 36.0 Å². The highest BCUT2D eigenvalue weighted by molar-refractivity contribution is 6.12. The molecule has 16 nitrogen and oxygen atoms in total. The molecule has 314 valence electrons. The van der Waals surface area contributed by atoms with Crippen LogP contribution in [-0.2, 0) is 39.9 Å². The molecule has 0 aliphatic heterocycles. The average Bonchev–Trinajstić information content (AvgIpc) is 4.00. The Balaban J connectivity index is 1.59. The summed E-state index contributed by atoms with van der Waals surface area (Å²) in [6.07, 6.45) is -0.0716. The molecule has 1 saturated carbocycles. The molecule has 1 aromatic heterocycles. The molecule has 0 bridgehead atoms. The van der Waals surface area contributed by atoms with Crippen molar-refractivity contribution in [3.05, 3.63) is 88.8 Å². The molecule has 16 heteroatoms. The zero-order valence-corrected chi connectivity index (χ0v) is 34.0. The summed E-state index contributed by atoms with van der Waals surface area (Å²) in [5, 5.41) is 24.2. The van der Waals surface area contributed by atoms with Gasteiger partial charge in [0.05, 0.1) is 25.6 Å². The van der Waals surface area contributed by atoms with Crippen LogP contribution in [0.1, 0.15) is 115 Å². The van der Waals surface area contributed by atoms with Gasteiger partial charge in [-0.15, -0.1) is 0 Å². The molecular weight excluding hydrogens is 764 g/mol. The molecule has 1 fully saturated rings. The molecule has 0 spiro atoms. The topological polar surface area (TPSA) is 230 Å². The minimum Gasteiger partial charge on any atom is -0.465 e. The summed E-state index contributed by atoms with van der Waals surface area (Å²) in [4.78, 5) is 81.6. The van der Waals surface area contributed by atoms with E-state index in [0.717, 1.165) is 12.8 Å². The van der Waals surface area contributed by atoms with E-state index < -0.39 is 60.5 Å². The Morgan fingerprint density at radius 1 is 0.932 bits per heavy atom. The second-order valence-corrected chi connectivity index (χ2v) is 15.0. The van der Waals surface area contributed by atoms with E-state index in [9.17, 15) is 33.9 Å². The number of carbonyl (C=O) groups is 6. The van der Waals surface area contributed by atoms with Gasteiger partial charge in [0.25, 0.3) is 11.8 Å². The predicted octanol–water partition coefficient (Wildman–Crippen LogP) is 6.37. The van der Waals surface area contributed by atoms with Crippen molar-refractivity contribution in [3.63, 3.8) is 0 Å². The lowest BCUT2D eigenvalue weighted by Gasteiger charge is -2.19. The van der Waals surface area contributed by atoms with Crippen molar-refractivity contribution in [3.8, 4) is 11.1 Å². The first-order valence-corrected chi connectivity index (χ1v) is 19.0. The van der Waals surface area contributed by atoms with E-state index in [4.69, 9.17) is 29.1 Å². The van der Waals surface area contributed by atoms with E-state index in [-0.39, 0.29) is 53.2 Å². The van der Waals surface area contributed by atoms with Crippen molar-refractivity contribution < 1.29 is 57.6 Å². The number of amides is 2. The van der Waals surface area contributed by atoms with Gasteiger partial charge in [0.2, 0.25) is 6.29 Å². The molecule has 1 heterocycles. The number of pyridine rings is 1. The van der Waals surface area contributed by atoms with Crippen molar-refractivity contribution in [2.75, 3.05) is 18.5 Å². The molecule has 2 amide bonds. The monoisotopic (exact) mass is 814 g/mol. The lowest BCUT2D eigenvalue weighted by atomic mass is 9.92. The van der Waals surface area contributed by atoms with Crippen LogP contribution >= 0.6 is 0 Å². The third-order valence-corrected chi connectivity index (χ3v) is 8.44. The smallest absolute Gasteiger partial charge is 0.465 e. The van der Waals surface area contributed by atoms with E-state index >= 15 is 0 Å². The van der Waals surface area contributed by atoms with E-state index in [1.165, 1.54) is 61.5 Å². The first-order valence-electron chi connectivity index (χ1n) is 19.0. The van der Waals surface area contributed by atoms with E-state index in [1.54, 1.807) is 34.6 Å². The number of hydrogen-bond donors (Lipinski definition) is 4. The highest BCUT2D eigenvalue weighted by Crippen LogP contribution is 2.32. The van der Waals surface area contributed by atoms with Crippen LogP contribution in [0.2, 0.25) is 0 Å². The second-order valence-electron chi connectivity index (χ2n) is 15.0. The number of rotatable bonds is 18. The van der Waals surface area contributed by atoms with Crippen LogP contribution in [0.15, 0.2) is 55.1 Å². The van der Waals surface area contributed by atoms with Gasteiger partial charge < -0.3 is 44.8 Å². The summed E-state index contributed by atoms with van der Waals surface area (Å²) in [7, 11) is 0. The second kappa shape index (κ2) is 20.3. The minimum atomic E-state index is -1.44. The normalized spacial score (nSPS) is 12.7. The average molecular weight is 815 g/mol. The number of aromatic nitrogens is 1. The molecule has 3 aromatic rings. The van der Waals surface area contributed by atoms with Crippen LogP contribution in [0.5, 0.6) is 0 Å². The lowest BCUT2D eigenvalue weighted by Crippen LogP contribution is -2.28. The van der Waals surface area contributed by atoms with Gasteiger partial charge in [-0.2, -0.15) is 0 Å². The highest BCUT2D eigenvalue weighted by Gasteiger charge is 2.28. The molecule has 2 aromatic carbocycles. The van der Waals surface area contributed by atoms with Gasteiger partial charge in [-0.25, -0.2) is 14.6 Å². The number of aliphatic hydroxyl groups is 1. The van der Waals surface area contributed by atoms with Crippen LogP contribution in [0, 0.1) is 11.3 Å². The maximum atomic E-state index is 14.0. The molecule has 59 heavy (non-hydrogen) atoms. The summed E-state index contributed by atoms with van der Waals surface area (Å²) in [6, 6.07) is 11.9. The molecule has 1 aliphatic carbocycles. The maximum Gasteiger partial charge on any atom is 0.511 e. The number of hydrogen-bond acceptors (Lipinski definition) is 14. The van der Waals surface area contributed by atoms with Gasteiger partial charge in [-0.05, 0) is 112 Å². The van der Waals surface area contributed by atoms with Crippen LogP contribution in [0.25, 0.3) is 17.2 Å². The van der Waals surface area contributed by atoms with E-state index in [1.807, 2.05) is 0 Å². The Morgan fingerprint density at radius 2 is 1.63 bits per heavy atom. The fourth-order valence-electron chi connectivity index (χ4n) is 5.48. The lowest BCUT2D eigenvalue weighted by molar-refractivity contribution is -0.157. The first kappa shape index (κ1) is 45.3. The summed E-state index contributed by atoms with van der Waals surface area (Å²) in [5.74, 6) is -3.13. The van der Waals surface area contributed by atoms with Crippen LogP contribution in [0.4, 0.5) is 10.5 Å². The van der Waals surface area contributed by atoms with Crippen LogP contribution in [-0.4, -0.2) is 82.8 Å². The summed E-state index contributed by atoms with van der Waals surface area (Å²) in [5.41, 5.74) is 0.460. The Labute approximate surface area is 342 Å². The van der Waals surface area contributed by atoms with Gasteiger partial charge in [-0.3, -0.25) is 19.2 Å². The van der Waals surface area contributed by atoms with Gasteiger partial charge in [-0.1, -0.05) is 24.8 Å². The third-order valence-electron chi connectivity index (χ3n) is 8.44. The number of anilines is 1. The van der Waals surface area contributed by atoms with Crippen molar-refractivity contribution in [1.82, 2.24) is 10.3 Å².